The number of carbonyl (C=O) groups is 1. The number of benzene rings is 2. The molecule has 0 aliphatic carbocycles. The van der Waals surface area contributed by atoms with Crippen molar-refractivity contribution in [2.24, 2.45) is 0 Å². The Kier molecular flexibility index (Phi) is 5.00. The van der Waals surface area contributed by atoms with Crippen LogP contribution in [0.5, 0.6) is 0 Å². The fourth-order valence-electron chi connectivity index (χ4n) is 3.08. The molecule has 0 radical (unpaired) electrons. The molecule has 0 unspecified atom stereocenters. The van der Waals surface area contributed by atoms with Crippen LogP contribution in [0.15, 0.2) is 53.3 Å². The number of para-hydroxylation sites is 1. The molecule has 2 aromatic carbocycles. The lowest BCUT2D eigenvalue weighted by atomic mass is 10.2. The van der Waals surface area contributed by atoms with Gasteiger partial charge in [-0.05, 0) is 37.7 Å². The van der Waals surface area contributed by atoms with Crippen molar-refractivity contribution in [1.82, 2.24) is 14.5 Å². The second-order valence-electron chi connectivity index (χ2n) is 6.17. The summed E-state index contributed by atoms with van der Waals surface area (Å²) >= 11 is 0. The molecule has 6 heteroatoms. The van der Waals surface area contributed by atoms with Crippen molar-refractivity contribution in [2.45, 2.75) is 19.5 Å². The number of aryl methyl sites for hydroxylation is 1. The Bertz CT molecular complexity index is 928. The van der Waals surface area contributed by atoms with Gasteiger partial charge in [0.05, 0.1) is 16.6 Å². The largest absolute Gasteiger partial charge is 0.478 e. The van der Waals surface area contributed by atoms with Crippen molar-refractivity contribution < 1.29 is 9.90 Å². The monoisotopic (exact) mass is 339 g/mol. The third kappa shape index (κ3) is 3.80. The third-order valence-corrected chi connectivity index (χ3v) is 4.24. The van der Waals surface area contributed by atoms with Gasteiger partial charge in [-0.3, -0.25) is 4.57 Å². The summed E-state index contributed by atoms with van der Waals surface area (Å²) in [7, 11) is 2.04. The van der Waals surface area contributed by atoms with Crippen LogP contribution in [0, 0.1) is 0 Å². The number of nitrogens with zero attached hydrogens (tertiary/aromatic N) is 2. The minimum atomic E-state index is -1.03. The third-order valence-electron chi connectivity index (χ3n) is 4.24. The summed E-state index contributed by atoms with van der Waals surface area (Å²) in [6, 6.07) is 15.1. The van der Waals surface area contributed by atoms with Crippen LogP contribution in [0.3, 0.4) is 0 Å². The van der Waals surface area contributed by atoms with Crippen molar-refractivity contribution in [3.63, 3.8) is 0 Å². The summed E-state index contributed by atoms with van der Waals surface area (Å²) in [4.78, 5) is 28.5. The van der Waals surface area contributed by atoms with E-state index in [0.29, 0.717) is 17.6 Å². The van der Waals surface area contributed by atoms with Crippen LogP contribution in [0.1, 0.15) is 22.3 Å². The van der Waals surface area contributed by atoms with E-state index in [1.807, 2.05) is 25.2 Å². The fraction of sp³-hybridized carbons (Fsp3) is 0.263. The molecule has 0 saturated carbocycles. The maximum Gasteiger partial charge on any atom is 0.337 e. The van der Waals surface area contributed by atoms with E-state index in [4.69, 9.17) is 0 Å². The zero-order chi connectivity index (χ0) is 17.8. The van der Waals surface area contributed by atoms with Gasteiger partial charge in [0.2, 0.25) is 0 Å². The molecule has 130 valence electrons. The van der Waals surface area contributed by atoms with Gasteiger partial charge in [-0.25, -0.2) is 9.59 Å². The summed E-state index contributed by atoms with van der Waals surface area (Å²) in [6.07, 6.45) is 0.754. The van der Waals surface area contributed by atoms with Gasteiger partial charge >= 0.3 is 11.7 Å². The smallest absolute Gasteiger partial charge is 0.337 e. The second kappa shape index (κ2) is 7.36. The Morgan fingerprint density at radius 1 is 1.16 bits per heavy atom. The van der Waals surface area contributed by atoms with Crippen LogP contribution >= 0.6 is 0 Å². The van der Waals surface area contributed by atoms with Crippen LogP contribution in [0.25, 0.3) is 11.0 Å². The highest BCUT2D eigenvalue weighted by Crippen LogP contribution is 2.16. The summed E-state index contributed by atoms with van der Waals surface area (Å²) in [5, 5.41) is 9.36. The van der Waals surface area contributed by atoms with Crippen LogP contribution in [-0.2, 0) is 13.1 Å². The molecular weight excluding hydrogens is 318 g/mol. The van der Waals surface area contributed by atoms with Crippen LogP contribution < -0.4 is 5.69 Å². The van der Waals surface area contributed by atoms with Gasteiger partial charge in [-0.15, -0.1) is 0 Å². The number of carboxylic acid groups (broad SMARTS) is 1. The Morgan fingerprint density at radius 2 is 1.92 bits per heavy atom. The van der Waals surface area contributed by atoms with Gasteiger partial charge in [-0.1, -0.05) is 36.4 Å². The fourth-order valence-corrected chi connectivity index (χ4v) is 3.08. The average Bonchev–Trinajstić information content (AvgIpc) is 2.91. The highest BCUT2D eigenvalue weighted by atomic mass is 16.4. The highest BCUT2D eigenvalue weighted by Gasteiger charge is 2.15. The number of aromatic carboxylic acids is 1. The van der Waals surface area contributed by atoms with Gasteiger partial charge in [0.1, 0.15) is 0 Å². The number of hydrogen-bond donors (Lipinski definition) is 2. The van der Waals surface area contributed by atoms with Gasteiger partial charge < -0.3 is 15.0 Å². The van der Waals surface area contributed by atoms with Gasteiger partial charge in [0.15, 0.2) is 0 Å². The van der Waals surface area contributed by atoms with E-state index in [9.17, 15) is 14.7 Å². The Morgan fingerprint density at radius 3 is 2.64 bits per heavy atom. The summed E-state index contributed by atoms with van der Waals surface area (Å²) in [5.41, 5.74) is 2.14. The van der Waals surface area contributed by atoms with Crippen molar-refractivity contribution in [2.75, 3.05) is 13.6 Å². The van der Waals surface area contributed by atoms with E-state index in [2.05, 4.69) is 22.0 Å². The van der Waals surface area contributed by atoms with Crippen molar-refractivity contribution >= 4 is 17.0 Å². The molecule has 25 heavy (non-hydrogen) atoms. The summed E-state index contributed by atoms with van der Waals surface area (Å²) in [6.45, 7) is 2.12. The molecule has 1 heterocycles. The molecule has 0 aliphatic heterocycles. The Balaban J connectivity index is 1.70. The molecule has 0 amide bonds. The Labute approximate surface area is 145 Å². The van der Waals surface area contributed by atoms with E-state index in [1.165, 1.54) is 16.2 Å². The molecule has 1 aromatic heterocycles. The summed E-state index contributed by atoms with van der Waals surface area (Å²) < 4.78 is 1.52. The lowest BCUT2D eigenvalue weighted by molar-refractivity contribution is 0.0698. The summed E-state index contributed by atoms with van der Waals surface area (Å²) in [5.74, 6) is -1.03. The molecule has 0 fully saturated rings. The van der Waals surface area contributed by atoms with E-state index >= 15 is 0 Å². The zero-order valence-electron chi connectivity index (χ0n) is 14.1. The Hall–Kier alpha value is -2.86. The molecule has 2 N–H and O–H groups in total. The van der Waals surface area contributed by atoms with Gasteiger partial charge in [0.25, 0.3) is 0 Å². The molecule has 3 rings (SSSR count). The lowest BCUT2D eigenvalue weighted by Gasteiger charge is -2.16. The number of imidazole rings is 1. The standard InChI is InChI=1S/C19H21N3O3/c1-21(13-14-7-3-2-4-8-14)11-6-12-22-17-15(18(23)24)9-5-10-16(17)20-19(22)25/h2-5,7-10H,6,11-13H2,1H3,(H,20,25)(H,23,24). The maximum atomic E-state index is 12.2. The quantitative estimate of drug-likeness (QED) is 0.693. The molecule has 6 nitrogen and oxygen atoms in total. The molecule has 3 aromatic rings. The van der Waals surface area contributed by atoms with Crippen molar-refractivity contribution in [3.05, 3.63) is 70.1 Å². The van der Waals surface area contributed by atoms with Crippen LogP contribution in [0.2, 0.25) is 0 Å². The molecule has 0 bridgehead atoms. The highest BCUT2D eigenvalue weighted by molar-refractivity contribution is 6.01. The van der Waals surface area contributed by atoms with Gasteiger partial charge in [0, 0.05) is 13.1 Å². The number of rotatable bonds is 7. The van der Waals surface area contributed by atoms with Gasteiger partial charge in [-0.2, -0.15) is 0 Å². The number of H-pyrrole nitrogens is 1. The zero-order valence-corrected chi connectivity index (χ0v) is 14.1. The van der Waals surface area contributed by atoms with Crippen LogP contribution in [-0.4, -0.2) is 39.1 Å². The second-order valence-corrected chi connectivity index (χ2v) is 6.17. The van der Waals surface area contributed by atoms with E-state index in [-0.39, 0.29) is 11.3 Å². The topological polar surface area (TPSA) is 78.3 Å². The minimum absolute atomic E-state index is 0.147. The predicted molar refractivity (Wildman–Crippen MR) is 96.9 cm³/mol. The molecule has 0 atom stereocenters. The number of carboxylic acids is 1. The first-order valence-electron chi connectivity index (χ1n) is 8.23. The predicted octanol–water partition coefficient (Wildman–Crippen LogP) is 2.55. The van der Waals surface area contributed by atoms with Crippen molar-refractivity contribution in [3.8, 4) is 0 Å². The first-order chi connectivity index (χ1) is 12.1. The number of aromatic amines is 1. The number of fused-ring (bicyclic) bond motifs is 1. The molecular formula is C19H21N3O3. The van der Waals surface area contributed by atoms with Crippen molar-refractivity contribution in [1.29, 1.82) is 0 Å². The number of nitrogens with one attached hydrogen (secondary N) is 1. The van der Waals surface area contributed by atoms with E-state index in [1.54, 1.807) is 12.1 Å². The molecule has 0 spiro atoms. The first kappa shape index (κ1) is 17.0. The minimum Gasteiger partial charge on any atom is -0.478 e. The normalized spacial score (nSPS) is 11.3. The van der Waals surface area contributed by atoms with E-state index in [0.717, 1.165) is 19.5 Å². The number of hydrogen-bond acceptors (Lipinski definition) is 3. The first-order valence-corrected chi connectivity index (χ1v) is 8.23. The SMILES string of the molecule is CN(CCCn1c(=O)[nH]c2cccc(C(=O)O)c21)Cc1ccccc1. The average molecular weight is 339 g/mol. The lowest BCUT2D eigenvalue weighted by Crippen LogP contribution is -2.23. The maximum absolute atomic E-state index is 12.2. The van der Waals surface area contributed by atoms with Crippen LogP contribution in [0.4, 0.5) is 0 Å². The molecule has 0 aliphatic rings. The molecule has 0 saturated heterocycles. The van der Waals surface area contributed by atoms with E-state index < -0.39 is 5.97 Å². The number of aromatic nitrogens is 2.